The zero-order valence-electron chi connectivity index (χ0n) is 16.7. The maximum absolute atomic E-state index is 13.5. The molecule has 7 heteroatoms. The number of aromatic hydroxyl groups is 1. The first-order valence-corrected chi connectivity index (χ1v) is 12.1. The van der Waals surface area contributed by atoms with Gasteiger partial charge < -0.3 is 0 Å². The number of carbonyl (C=O) groups excluding carboxylic acids is 2. The zero-order valence-corrected chi connectivity index (χ0v) is 19.2. The van der Waals surface area contributed by atoms with Crippen LogP contribution in [0.4, 0.5) is 11.4 Å². The molecule has 2 amide bonds. The number of hydrogen-bond donors (Lipinski definition) is 2. The van der Waals surface area contributed by atoms with Gasteiger partial charge in [0.05, 0.1) is 0 Å². The van der Waals surface area contributed by atoms with Gasteiger partial charge in [0.25, 0.3) is 0 Å². The van der Waals surface area contributed by atoms with Gasteiger partial charge in [-0.05, 0) is 0 Å². The Bertz CT molecular complexity index is 1360. The van der Waals surface area contributed by atoms with Gasteiger partial charge in [-0.3, -0.25) is 0 Å². The van der Waals surface area contributed by atoms with Gasteiger partial charge in [-0.1, -0.05) is 0 Å². The number of fused-ring (bicyclic) bond motifs is 4. The monoisotopic (exact) mass is 498 g/mol. The van der Waals surface area contributed by atoms with Gasteiger partial charge >= 0.3 is 190 Å². The Balaban J connectivity index is 1.57. The van der Waals surface area contributed by atoms with Gasteiger partial charge in [0, 0.05) is 0 Å². The minimum atomic E-state index is -0.128. The van der Waals surface area contributed by atoms with Crippen molar-refractivity contribution < 1.29 is 14.7 Å². The molecular formula is C24H19ClN2O3Se. The van der Waals surface area contributed by atoms with Gasteiger partial charge in [-0.15, -0.1) is 0 Å². The van der Waals surface area contributed by atoms with E-state index >= 15 is 0 Å². The first-order valence-electron chi connectivity index (χ1n) is 9.90. The van der Waals surface area contributed by atoms with E-state index in [1.807, 2.05) is 48.5 Å². The molecule has 0 saturated heterocycles. The van der Waals surface area contributed by atoms with E-state index in [0.29, 0.717) is 12.4 Å². The number of nitrogens with zero attached hydrogens (tertiary/aromatic N) is 1. The predicted octanol–water partition coefficient (Wildman–Crippen LogP) is 4.70. The molecule has 0 spiro atoms. The third-order valence-corrected chi connectivity index (χ3v) is 8.31. The molecule has 2 heterocycles. The van der Waals surface area contributed by atoms with Gasteiger partial charge in [-0.2, -0.15) is 0 Å². The Labute approximate surface area is 190 Å². The summed E-state index contributed by atoms with van der Waals surface area (Å²) < 4.78 is 1.86. The fraction of sp³-hybridized carbons (Fsp3) is 0.167. The molecule has 0 saturated carbocycles. The SMILES string of the molecule is CC(=O)Nc1ccc2[se]c(C(=O)N3C[C@@H](CCl)c4c3cc(O)c3ccccc43)cc2c1. The zero-order chi connectivity index (χ0) is 21.7. The maximum atomic E-state index is 13.5. The minimum absolute atomic E-state index is 0.00867. The average molecular weight is 498 g/mol. The molecule has 1 aromatic heterocycles. The number of alkyl halides is 1. The van der Waals surface area contributed by atoms with Gasteiger partial charge in [0.1, 0.15) is 0 Å². The molecule has 2 N–H and O–H groups in total. The second-order valence-electron chi connectivity index (χ2n) is 7.69. The number of rotatable bonds is 3. The van der Waals surface area contributed by atoms with E-state index in [-0.39, 0.29) is 38.0 Å². The molecule has 0 bridgehead atoms. The topological polar surface area (TPSA) is 69.6 Å². The average Bonchev–Trinajstić information content (AvgIpc) is 3.34. The number of anilines is 2. The van der Waals surface area contributed by atoms with E-state index in [9.17, 15) is 14.7 Å². The number of nitrogens with one attached hydrogen (secondary N) is 1. The van der Waals surface area contributed by atoms with E-state index in [2.05, 4.69) is 5.32 Å². The molecule has 1 aliphatic rings. The van der Waals surface area contributed by atoms with E-state index < -0.39 is 0 Å². The van der Waals surface area contributed by atoms with E-state index in [0.717, 1.165) is 41.8 Å². The van der Waals surface area contributed by atoms with E-state index in [1.165, 1.54) is 6.92 Å². The number of phenols is 1. The van der Waals surface area contributed by atoms with Crippen LogP contribution in [-0.4, -0.2) is 43.8 Å². The normalized spacial score (nSPS) is 15.4. The van der Waals surface area contributed by atoms with Crippen LogP contribution in [0.25, 0.3) is 20.4 Å². The molecule has 0 fully saturated rings. The summed E-state index contributed by atoms with van der Waals surface area (Å²) in [6.07, 6.45) is 0. The Morgan fingerprint density at radius 1 is 1.16 bits per heavy atom. The van der Waals surface area contributed by atoms with Crippen LogP contribution in [0.5, 0.6) is 5.75 Å². The summed E-state index contributed by atoms with van der Waals surface area (Å²) in [5.74, 6) is 0.388. The van der Waals surface area contributed by atoms with Crippen LogP contribution < -0.4 is 10.2 Å². The summed E-state index contributed by atoms with van der Waals surface area (Å²) >= 11 is 6.17. The number of amides is 2. The fourth-order valence-electron chi connectivity index (χ4n) is 4.31. The molecule has 0 radical (unpaired) electrons. The summed E-state index contributed by atoms with van der Waals surface area (Å²) in [6, 6.07) is 17.0. The Morgan fingerprint density at radius 3 is 2.68 bits per heavy atom. The number of benzene rings is 3. The summed E-state index contributed by atoms with van der Waals surface area (Å²) in [7, 11) is 0. The van der Waals surface area contributed by atoms with Crippen molar-refractivity contribution in [3.63, 3.8) is 0 Å². The number of phenolic OH excluding ortho intramolecular Hbond substituents is 1. The van der Waals surface area contributed by atoms with E-state index in [4.69, 9.17) is 11.6 Å². The molecule has 1 atom stereocenters. The van der Waals surface area contributed by atoms with Crippen LogP contribution in [0.1, 0.15) is 27.6 Å². The standard InChI is InChI=1S/C24H19ClN2O3Se/c1-13(28)26-16-6-7-21-14(8-16)9-22(31-21)24(30)27-12-15(11-25)23-18-5-3-2-4-17(18)20(29)10-19(23)27/h2-10,15,29H,11-12H2,1H3,(H,26,28)/t15-/m1/s1. The van der Waals surface area contributed by atoms with Crippen molar-refractivity contribution >= 4 is 69.7 Å². The van der Waals surface area contributed by atoms with Gasteiger partial charge in [0.15, 0.2) is 0 Å². The van der Waals surface area contributed by atoms with Crippen molar-refractivity contribution in [2.75, 3.05) is 22.6 Å². The summed E-state index contributed by atoms with van der Waals surface area (Å²) in [5.41, 5.74) is 2.48. The molecule has 1 aliphatic heterocycles. The van der Waals surface area contributed by atoms with Crippen molar-refractivity contribution in [1.29, 1.82) is 0 Å². The Morgan fingerprint density at radius 2 is 1.94 bits per heavy atom. The summed E-state index contributed by atoms with van der Waals surface area (Å²) in [4.78, 5) is 26.6. The van der Waals surface area contributed by atoms with Crippen LogP contribution >= 0.6 is 11.6 Å². The van der Waals surface area contributed by atoms with Crippen molar-refractivity contribution in [3.05, 3.63) is 64.6 Å². The number of carbonyl (C=O) groups is 2. The third kappa shape index (κ3) is 3.41. The molecular weight excluding hydrogens is 479 g/mol. The molecule has 4 aromatic rings. The Hall–Kier alpha value is -2.79. The van der Waals surface area contributed by atoms with Crippen molar-refractivity contribution in [3.8, 4) is 5.75 Å². The molecule has 5 nitrogen and oxygen atoms in total. The number of hydrogen-bond acceptors (Lipinski definition) is 3. The Kier molecular flexibility index (Phi) is 5.01. The molecule has 3 aromatic carbocycles. The number of halogens is 1. The van der Waals surface area contributed by atoms with Crippen molar-refractivity contribution in [2.45, 2.75) is 12.8 Å². The molecule has 5 rings (SSSR count). The van der Waals surface area contributed by atoms with Gasteiger partial charge in [0.2, 0.25) is 0 Å². The van der Waals surface area contributed by atoms with Crippen molar-refractivity contribution in [1.82, 2.24) is 0 Å². The van der Waals surface area contributed by atoms with E-state index in [1.54, 1.807) is 11.0 Å². The third-order valence-electron chi connectivity index (χ3n) is 5.62. The summed E-state index contributed by atoms with van der Waals surface area (Å²) in [6.45, 7) is 1.96. The van der Waals surface area contributed by atoms with Crippen LogP contribution in [-0.2, 0) is 4.79 Å². The predicted molar refractivity (Wildman–Crippen MR) is 126 cm³/mol. The van der Waals surface area contributed by atoms with Crippen LogP contribution in [0, 0.1) is 0 Å². The first-order chi connectivity index (χ1) is 15.0. The molecule has 0 unspecified atom stereocenters. The van der Waals surface area contributed by atoms with Gasteiger partial charge in [-0.25, -0.2) is 0 Å². The molecule has 31 heavy (non-hydrogen) atoms. The van der Waals surface area contributed by atoms with Crippen molar-refractivity contribution in [2.24, 2.45) is 0 Å². The van der Waals surface area contributed by atoms with Crippen LogP contribution in [0.3, 0.4) is 0 Å². The quantitative estimate of drug-likeness (QED) is 0.318. The molecule has 0 aliphatic carbocycles. The fourth-order valence-corrected chi connectivity index (χ4v) is 6.64. The second-order valence-corrected chi connectivity index (χ2v) is 10.3. The van der Waals surface area contributed by atoms with Crippen LogP contribution in [0.15, 0.2) is 54.6 Å². The first kappa shape index (κ1) is 20.1. The molecule has 156 valence electrons. The van der Waals surface area contributed by atoms with Crippen LogP contribution in [0.2, 0.25) is 0 Å². The second kappa shape index (κ2) is 7.72. The summed E-state index contributed by atoms with van der Waals surface area (Å²) in [5, 5.41) is 16.0.